The summed E-state index contributed by atoms with van der Waals surface area (Å²) in [5.74, 6) is -2.09. The summed E-state index contributed by atoms with van der Waals surface area (Å²) in [7, 11) is 1.94. The van der Waals surface area contributed by atoms with Crippen LogP contribution in [0.2, 0.25) is 0 Å². The second-order valence-electron chi connectivity index (χ2n) is 9.30. The number of nitro groups is 1. The molecule has 9 nitrogen and oxygen atoms in total. The second-order valence-corrected chi connectivity index (χ2v) is 9.30. The zero-order valence-corrected chi connectivity index (χ0v) is 21.8. The van der Waals surface area contributed by atoms with Crippen LogP contribution in [0.1, 0.15) is 44.7 Å². The molecule has 9 heteroatoms. The molecule has 37 heavy (non-hydrogen) atoms. The number of carbonyl (C=O) groups is 2. The van der Waals surface area contributed by atoms with Crippen LogP contribution in [0.3, 0.4) is 0 Å². The lowest BCUT2D eigenvalue weighted by atomic mass is 9.80. The maximum atomic E-state index is 13.4. The number of benzene rings is 2. The van der Waals surface area contributed by atoms with E-state index in [9.17, 15) is 19.7 Å². The number of allylic oxidation sites excluding steroid dienone is 2. The molecule has 196 valence electrons. The summed E-state index contributed by atoms with van der Waals surface area (Å²) in [6.07, 6.45) is -0.388. The van der Waals surface area contributed by atoms with E-state index >= 15 is 0 Å². The van der Waals surface area contributed by atoms with E-state index in [1.54, 1.807) is 33.8 Å². The molecule has 1 unspecified atom stereocenters. The highest BCUT2D eigenvalue weighted by Gasteiger charge is 2.38. The third-order valence-corrected chi connectivity index (χ3v) is 5.96. The minimum Gasteiger partial charge on any atom is -0.461 e. The Morgan fingerprint density at radius 2 is 1.68 bits per heavy atom. The largest absolute Gasteiger partial charge is 0.461 e. The highest BCUT2D eigenvalue weighted by molar-refractivity contribution is 6.00. The Balaban J connectivity index is 1.87. The van der Waals surface area contributed by atoms with Gasteiger partial charge in [-0.15, -0.1) is 0 Å². The average Bonchev–Trinajstić information content (AvgIpc) is 2.83. The summed E-state index contributed by atoms with van der Waals surface area (Å²) < 4.78 is 11.1. The van der Waals surface area contributed by atoms with E-state index in [-0.39, 0.29) is 29.5 Å². The Kier molecular flexibility index (Phi) is 9.19. The van der Waals surface area contributed by atoms with E-state index in [0.717, 1.165) is 5.56 Å². The molecule has 1 N–H and O–H groups in total. The number of hydrogen-bond acceptors (Lipinski definition) is 8. The lowest BCUT2D eigenvalue weighted by Gasteiger charge is -2.31. The molecule has 0 aromatic heterocycles. The van der Waals surface area contributed by atoms with Gasteiger partial charge in [0.05, 0.1) is 28.1 Å². The monoisotopic (exact) mass is 507 g/mol. The van der Waals surface area contributed by atoms with Crippen LogP contribution in [0, 0.1) is 10.1 Å². The minimum atomic E-state index is -0.887. The molecule has 1 atom stereocenters. The summed E-state index contributed by atoms with van der Waals surface area (Å²) in [6, 6.07) is 15.9. The van der Waals surface area contributed by atoms with Crippen molar-refractivity contribution in [2.24, 2.45) is 0 Å². The van der Waals surface area contributed by atoms with Gasteiger partial charge in [0.2, 0.25) is 0 Å². The van der Waals surface area contributed by atoms with Gasteiger partial charge in [-0.2, -0.15) is 0 Å². The fourth-order valence-electron chi connectivity index (χ4n) is 4.31. The molecule has 1 aliphatic heterocycles. The van der Waals surface area contributed by atoms with Gasteiger partial charge in [0.15, 0.2) is 0 Å². The third-order valence-electron chi connectivity index (χ3n) is 5.96. The first-order chi connectivity index (χ1) is 17.6. The Labute approximate surface area is 216 Å². The van der Waals surface area contributed by atoms with Crippen LogP contribution in [0.15, 0.2) is 77.1 Å². The first kappa shape index (κ1) is 27.6. The normalized spacial score (nSPS) is 15.6. The fraction of sp³-hybridized carbons (Fsp3) is 0.357. The fourth-order valence-corrected chi connectivity index (χ4v) is 4.31. The van der Waals surface area contributed by atoms with Crippen LogP contribution >= 0.6 is 0 Å². The Bertz CT molecular complexity index is 1220. The number of rotatable bonds is 10. The molecule has 0 spiro atoms. The molecule has 0 saturated heterocycles. The molecule has 0 fully saturated rings. The number of nitro benzene ring substituents is 1. The highest BCUT2D eigenvalue weighted by atomic mass is 16.6. The van der Waals surface area contributed by atoms with Crippen molar-refractivity contribution < 1.29 is 24.0 Å². The lowest BCUT2D eigenvalue weighted by molar-refractivity contribution is -0.384. The summed E-state index contributed by atoms with van der Waals surface area (Å²) in [6.45, 7) is 8.23. The van der Waals surface area contributed by atoms with E-state index in [4.69, 9.17) is 9.47 Å². The van der Waals surface area contributed by atoms with E-state index < -0.39 is 22.8 Å². The minimum absolute atomic E-state index is 0.134. The van der Waals surface area contributed by atoms with Crippen molar-refractivity contribution in [3.8, 4) is 0 Å². The summed E-state index contributed by atoms with van der Waals surface area (Å²) in [5, 5.41) is 14.6. The SMILES string of the molecule is CC1=C(C(=O)OCCN(C)Cc2ccccc2)C(c2cccc([N+](=O)[O-])c2)C(C(=O)OC(C)C)=C(C)N1. The molecule has 0 saturated carbocycles. The molecule has 0 bridgehead atoms. The van der Waals surface area contributed by atoms with Crippen molar-refractivity contribution in [1.29, 1.82) is 0 Å². The van der Waals surface area contributed by atoms with Gasteiger partial charge in [-0.25, -0.2) is 9.59 Å². The van der Waals surface area contributed by atoms with Crippen molar-refractivity contribution in [2.75, 3.05) is 20.2 Å². The number of hydrogen-bond donors (Lipinski definition) is 1. The molecule has 0 amide bonds. The number of likely N-dealkylation sites (N-methyl/N-ethyl adjacent to an activating group) is 1. The van der Waals surface area contributed by atoms with Crippen LogP contribution in [0.5, 0.6) is 0 Å². The van der Waals surface area contributed by atoms with Gasteiger partial charge in [0.1, 0.15) is 6.61 Å². The molecule has 1 aliphatic rings. The second kappa shape index (κ2) is 12.3. The standard InChI is InChI=1S/C28H33N3O6/c1-18(2)37-28(33)25-20(4)29-19(3)24(26(25)22-12-9-13-23(16-22)31(34)35)27(32)36-15-14-30(5)17-21-10-7-6-8-11-21/h6-13,16,18,26,29H,14-15,17H2,1-5H3. The maximum absolute atomic E-state index is 13.4. The number of esters is 2. The van der Waals surface area contributed by atoms with Gasteiger partial charge in [-0.05, 0) is 45.9 Å². The van der Waals surface area contributed by atoms with Crippen molar-refractivity contribution >= 4 is 17.6 Å². The predicted octanol–water partition coefficient (Wildman–Crippen LogP) is 4.46. The molecule has 0 aliphatic carbocycles. The molecule has 2 aromatic rings. The van der Waals surface area contributed by atoms with Crippen LogP contribution in [-0.2, 0) is 25.6 Å². The number of nitrogens with zero attached hydrogens (tertiary/aromatic N) is 2. The first-order valence-electron chi connectivity index (χ1n) is 12.1. The zero-order valence-electron chi connectivity index (χ0n) is 21.8. The number of nitrogens with one attached hydrogen (secondary N) is 1. The Morgan fingerprint density at radius 1 is 1.03 bits per heavy atom. The molecule has 0 radical (unpaired) electrons. The van der Waals surface area contributed by atoms with Gasteiger partial charge >= 0.3 is 11.9 Å². The van der Waals surface area contributed by atoms with Gasteiger partial charge in [-0.3, -0.25) is 15.0 Å². The lowest BCUT2D eigenvalue weighted by Crippen LogP contribution is -2.34. The number of ether oxygens (including phenoxy) is 2. The number of dihydropyridines is 1. The molecule has 2 aromatic carbocycles. The molecule has 3 rings (SSSR count). The van der Waals surface area contributed by atoms with Crippen LogP contribution in [0.25, 0.3) is 0 Å². The van der Waals surface area contributed by atoms with E-state index in [1.807, 2.05) is 42.3 Å². The van der Waals surface area contributed by atoms with Crippen molar-refractivity contribution in [3.63, 3.8) is 0 Å². The third kappa shape index (κ3) is 7.04. The van der Waals surface area contributed by atoms with Gasteiger partial charge < -0.3 is 14.8 Å². The zero-order chi connectivity index (χ0) is 27.1. The first-order valence-corrected chi connectivity index (χ1v) is 12.1. The van der Waals surface area contributed by atoms with Crippen LogP contribution in [-0.4, -0.2) is 48.1 Å². The number of non-ortho nitro benzene ring substituents is 1. The van der Waals surface area contributed by atoms with Gasteiger partial charge in [-0.1, -0.05) is 42.5 Å². The summed E-state index contributed by atoms with van der Waals surface area (Å²) in [4.78, 5) is 39.5. The number of carbonyl (C=O) groups excluding carboxylic acids is 2. The maximum Gasteiger partial charge on any atom is 0.337 e. The summed E-state index contributed by atoms with van der Waals surface area (Å²) >= 11 is 0. The smallest absolute Gasteiger partial charge is 0.337 e. The van der Waals surface area contributed by atoms with Crippen LogP contribution < -0.4 is 5.32 Å². The highest BCUT2D eigenvalue weighted by Crippen LogP contribution is 2.40. The van der Waals surface area contributed by atoms with Crippen molar-refractivity contribution in [3.05, 3.63) is 98.4 Å². The average molecular weight is 508 g/mol. The predicted molar refractivity (Wildman–Crippen MR) is 139 cm³/mol. The Hall–Kier alpha value is -3.98. The van der Waals surface area contributed by atoms with Crippen molar-refractivity contribution in [1.82, 2.24) is 10.2 Å². The molecule has 1 heterocycles. The van der Waals surface area contributed by atoms with E-state index in [1.165, 1.54) is 18.2 Å². The van der Waals surface area contributed by atoms with Crippen molar-refractivity contribution in [2.45, 2.75) is 46.3 Å². The van der Waals surface area contributed by atoms with E-state index in [0.29, 0.717) is 30.0 Å². The molecular weight excluding hydrogens is 474 g/mol. The molecular formula is C28H33N3O6. The van der Waals surface area contributed by atoms with Gasteiger partial charge in [0, 0.05) is 36.6 Å². The van der Waals surface area contributed by atoms with Crippen LogP contribution in [0.4, 0.5) is 5.69 Å². The topological polar surface area (TPSA) is 111 Å². The summed E-state index contributed by atoms with van der Waals surface area (Å²) in [5.41, 5.74) is 2.89. The van der Waals surface area contributed by atoms with E-state index in [2.05, 4.69) is 5.32 Å². The quantitative estimate of drug-likeness (QED) is 0.285. The van der Waals surface area contributed by atoms with Gasteiger partial charge in [0.25, 0.3) is 5.69 Å². The Morgan fingerprint density at radius 3 is 2.30 bits per heavy atom.